The van der Waals surface area contributed by atoms with Crippen LogP contribution >= 0.6 is 0 Å². The van der Waals surface area contributed by atoms with Gasteiger partial charge in [-0.25, -0.2) is 19.2 Å². The number of nitrogen functional groups attached to an aromatic ring is 1. The monoisotopic (exact) mass is 300 g/mol. The highest BCUT2D eigenvalue weighted by molar-refractivity contribution is 7.89. The van der Waals surface area contributed by atoms with Crippen LogP contribution in [0.25, 0.3) is 0 Å². The van der Waals surface area contributed by atoms with Crippen LogP contribution in [-0.4, -0.2) is 44.0 Å². The van der Waals surface area contributed by atoms with Crippen LogP contribution < -0.4 is 11.3 Å². The normalized spacial score (nSPS) is 20.1. The number of nitrogens with one attached hydrogen (secondary N) is 1. The van der Waals surface area contributed by atoms with Gasteiger partial charge in [-0.1, -0.05) is 0 Å². The van der Waals surface area contributed by atoms with Gasteiger partial charge in [0.2, 0.25) is 10.0 Å². The van der Waals surface area contributed by atoms with Gasteiger partial charge in [0, 0.05) is 26.4 Å². The van der Waals surface area contributed by atoms with Gasteiger partial charge < -0.3 is 10.2 Å². The molecule has 1 aromatic heterocycles. The zero-order valence-corrected chi connectivity index (χ0v) is 12.3. The molecule has 2 heterocycles. The lowest BCUT2D eigenvalue weighted by Crippen LogP contribution is -2.37. The van der Waals surface area contributed by atoms with E-state index in [1.807, 2.05) is 0 Å². The van der Waals surface area contributed by atoms with Crippen molar-refractivity contribution in [3.05, 3.63) is 18.3 Å². The van der Waals surface area contributed by atoms with Crippen LogP contribution in [0.4, 0.5) is 5.82 Å². The molecule has 1 aliphatic heterocycles. The van der Waals surface area contributed by atoms with E-state index in [1.54, 1.807) is 7.05 Å². The number of pyridine rings is 1. The molecule has 0 bridgehead atoms. The van der Waals surface area contributed by atoms with E-state index in [2.05, 4.69) is 10.4 Å². The Balaban J connectivity index is 2.07. The number of anilines is 1. The fourth-order valence-corrected chi connectivity index (χ4v) is 3.28. The lowest BCUT2D eigenvalue weighted by atomic mass is 10.1. The van der Waals surface area contributed by atoms with Crippen LogP contribution in [0, 0.1) is 0 Å². The van der Waals surface area contributed by atoms with Crippen LogP contribution in [0.2, 0.25) is 0 Å². The molecular formula is C12H20N4O3S. The summed E-state index contributed by atoms with van der Waals surface area (Å²) >= 11 is 0. The number of aromatic nitrogens is 1. The Morgan fingerprint density at radius 3 is 2.85 bits per heavy atom. The van der Waals surface area contributed by atoms with Crippen molar-refractivity contribution in [2.24, 2.45) is 5.84 Å². The molecule has 1 aromatic rings. The fourth-order valence-electron chi connectivity index (χ4n) is 2.13. The third-order valence-electron chi connectivity index (χ3n) is 3.33. The SMILES string of the molecule is CN(CC1CCCCO1)S(=O)(=O)c1ccc(NN)nc1. The average Bonchev–Trinajstić information content (AvgIpc) is 2.48. The van der Waals surface area contributed by atoms with Crippen molar-refractivity contribution in [3.8, 4) is 0 Å². The molecular weight excluding hydrogens is 280 g/mol. The lowest BCUT2D eigenvalue weighted by Gasteiger charge is -2.27. The molecule has 3 N–H and O–H groups in total. The second kappa shape index (κ2) is 6.49. The number of nitrogens with zero attached hydrogens (tertiary/aromatic N) is 2. The summed E-state index contributed by atoms with van der Waals surface area (Å²) in [6.07, 6.45) is 4.29. The first-order chi connectivity index (χ1) is 9.54. The molecule has 7 nitrogen and oxygen atoms in total. The maximum atomic E-state index is 12.4. The Labute approximate surface area is 119 Å². The summed E-state index contributed by atoms with van der Waals surface area (Å²) in [4.78, 5) is 4.07. The summed E-state index contributed by atoms with van der Waals surface area (Å²) < 4.78 is 31.7. The largest absolute Gasteiger partial charge is 0.377 e. The first kappa shape index (κ1) is 15.2. The van der Waals surface area contributed by atoms with E-state index in [1.165, 1.54) is 22.6 Å². The van der Waals surface area contributed by atoms with Crippen molar-refractivity contribution < 1.29 is 13.2 Å². The van der Waals surface area contributed by atoms with Crippen molar-refractivity contribution in [1.82, 2.24) is 9.29 Å². The van der Waals surface area contributed by atoms with Gasteiger partial charge in [-0.2, -0.15) is 4.31 Å². The zero-order valence-electron chi connectivity index (χ0n) is 11.4. The Hall–Kier alpha value is -1.22. The number of hydrogen-bond donors (Lipinski definition) is 2. The maximum Gasteiger partial charge on any atom is 0.244 e. The predicted molar refractivity (Wildman–Crippen MR) is 75.5 cm³/mol. The van der Waals surface area contributed by atoms with Crippen molar-refractivity contribution in [2.75, 3.05) is 25.6 Å². The van der Waals surface area contributed by atoms with E-state index in [-0.39, 0.29) is 11.0 Å². The van der Waals surface area contributed by atoms with Gasteiger partial charge >= 0.3 is 0 Å². The molecule has 2 rings (SSSR count). The molecule has 20 heavy (non-hydrogen) atoms. The van der Waals surface area contributed by atoms with Gasteiger partial charge in [-0.15, -0.1) is 0 Å². The maximum absolute atomic E-state index is 12.4. The fraction of sp³-hybridized carbons (Fsp3) is 0.583. The molecule has 1 fully saturated rings. The van der Waals surface area contributed by atoms with E-state index in [0.717, 1.165) is 19.3 Å². The van der Waals surface area contributed by atoms with E-state index < -0.39 is 10.0 Å². The highest BCUT2D eigenvalue weighted by Crippen LogP contribution is 2.18. The van der Waals surface area contributed by atoms with Crippen molar-refractivity contribution in [1.29, 1.82) is 0 Å². The van der Waals surface area contributed by atoms with E-state index in [4.69, 9.17) is 10.6 Å². The second-order valence-corrected chi connectivity index (χ2v) is 6.84. The van der Waals surface area contributed by atoms with Crippen LogP contribution in [0.1, 0.15) is 19.3 Å². The van der Waals surface area contributed by atoms with Crippen LogP contribution in [0.15, 0.2) is 23.2 Å². The molecule has 0 aromatic carbocycles. The van der Waals surface area contributed by atoms with E-state index in [9.17, 15) is 8.42 Å². The van der Waals surface area contributed by atoms with Gasteiger partial charge in [0.15, 0.2) is 0 Å². The van der Waals surface area contributed by atoms with Crippen LogP contribution in [-0.2, 0) is 14.8 Å². The van der Waals surface area contributed by atoms with Crippen LogP contribution in [0.5, 0.6) is 0 Å². The van der Waals surface area contributed by atoms with Crippen LogP contribution in [0.3, 0.4) is 0 Å². The number of nitrogens with two attached hydrogens (primary N) is 1. The number of rotatable bonds is 5. The summed E-state index contributed by atoms with van der Waals surface area (Å²) in [6, 6.07) is 3.01. The highest BCUT2D eigenvalue weighted by atomic mass is 32.2. The zero-order chi connectivity index (χ0) is 14.6. The van der Waals surface area contributed by atoms with Crippen molar-refractivity contribution in [3.63, 3.8) is 0 Å². The number of sulfonamides is 1. The topological polar surface area (TPSA) is 97.5 Å². The van der Waals surface area contributed by atoms with Crippen molar-refractivity contribution >= 4 is 15.8 Å². The summed E-state index contributed by atoms with van der Waals surface area (Å²) in [6.45, 7) is 1.07. The second-order valence-electron chi connectivity index (χ2n) is 4.80. The van der Waals surface area contributed by atoms with Gasteiger partial charge in [-0.05, 0) is 31.4 Å². The number of hydrogen-bond acceptors (Lipinski definition) is 6. The molecule has 0 spiro atoms. The molecule has 1 saturated heterocycles. The third kappa shape index (κ3) is 3.45. The third-order valence-corrected chi connectivity index (χ3v) is 5.13. The van der Waals surface area contributed by atoms with E-state index >= 15 is 0 Å². The van der Waals surface area contributed by atoms with Gasteiger partial charge in [0.1, 0.15) is 10.7 Å². The van der Waals surface area contributed by atoms with Gasteiger partial charge in [-0.3, -0.25) is 0 Å². The average molecular weight is 300 g/mol. The Bertz CT molecular complexity index is 526. The predicted octanol–water partition coefficient (Wildman–Crippen LogP) is 0.557. The standard InChI is InChI=1S/C12H20N4O3S/c1-16(9-10-4-2-3-7-19-10)20(17,18)11-5-6-12(15-13)14-8-11/h5-6,8,10H,2-4,7,9,13H2,1H3,(H,14,15). The van der Waals surface area contributed by atoms with Crippen molar-refractivity contribution in [2.45, 2.75) is 30.3 Å². The Morgan fingerprint density at radius 2 is 2.30 bits per heavy atom. The molecule has 1 unspecified atom stereocenters. The quantitative estimate of drug-likeness (QED) is 0.609. The number of likely N-dealkylation sites (N-methyl/N-ethyl adjacent to an activating group) is 1. The molecule has 112 valence electrons. The molecule has 0 amide bonds. The minimum atomic E-state index is -3.54. The Kier molecular flexibility index (Phi) is 4.92. The number of ether oxygens (including phenoxy) is 1. The summed E-state index contributed by atoms with van der Waals surface area (Å²) in [5.41, 5.74) is 2.36. The summed E-state index contributed by atoms with van der Waals surface area (Å²) in [5.74, 6) is 5.62. The Morgan fingerprint density at radius 1 is 1.50 bits per heavy atom. The van der Waals surface area contributed by atoms with E-state index in [0.29, 0.717) is 19.0 Å². The van der Waals surface area contributed by atoms with Gasteiger partial charge in [0.25, 0.3) is 0 Å². The molecule has 0 aliphatic carbocycles. The summed E-state index contributed by atoms with van der Waals surface area (Å²) in [5, 5.41) is 0. The highest BCUT2D eigenvalue weighted by Gasteiger charge is 2.25. The first-order valence-electron chi connectivity index (χ1n) is 6.54. The molecule has 1 atom stereocenters. The minimum absolute atomic E-state index is 0.0264. The number of hydrazine groups is 1. The lowest BCUT2D eigenvalue weighted by molar-refractivity contribution is 0.00858. The summed E-state index contributed by atoms with van der Waals surface area (Å²) in [7, 11) is -1.98. The van der Waals surface area contributed by atoms with Gasteiger partial charge in [0.05, 0.1) is 6.10 Å². The molecule has 8 heteroatoms. The minimum Gasteiger partial charge on any atom is -0.377 e. The molecule has 0 radical (unpaired) electrons. The smallest absolute Gasteiger partial charge is 0.244 e. The molecule has 0 saturated carbocycles. The first-order valence-corrected chi connectivity index (χ1v) is 7.98. The molecule has 1 aliphatic rings.